The van der Waals surface area contributed by atoms with E-state index in [0.29, 0.717) is 30.0 Å². The van der Waals surface area contributed by atoms with Crippen LogP contribution in [0.3, 0.4) is 0 Å². The highest BCUT2D eigenvalue weighted by Crippen LogP contribution is 2.39. The molecule has 0 radical (unpaired) electrons. The van der Waals surface area contributed by atoms with Gasteiger partial charge in [-0.3, -0.25) is 15.0 Å². The summed E-state index contributed by atoms with van der Waals surface area (Å²) in [5, 5.41) is 2.10. The van der Waals surface area contributed by atoms with Crippen LogP contribution in [0.2, 0.25) is 4.34 Å². The van der Waals surface area contributed by atoms with Gasteiger partial charge in [0.05, 0.1) is 0 Å². The van der Waals surface area contributed by atoms with Crippen LogP contribution in [-0.2, 0) is 11.0 Å². The van der Waals surface area contributed by atoms with Crippen LogP contribution >= 0.6 is 22.9 Å². The second-order valence-electron chi connectivity index (χ2n) is 7.43. The molecule has 1 aliphatic rings. The van der Waals surface area contributed by atoms with E-state index in [1.54, 1.807) is 30.9 Å². The number of nitrogens with zero attached hydrogens (tertiary/aromatic N) is 3. The van der Waals surface area contributed by atoms with Crippen LogP contribution in [0.4, 0.5) is 28.8 Å². The lowest BCUT2D eigenvalue weighted by molar-refractivity contribution is -0.140. The number of rotatable bonds is 4. The summed E-state index contributed by atoms with van der Waals surface area (Å²) < 4.78 is 38.2. The standard InChI is InChI=1S/C19H20ClF3N4O2S/c1-11-9-10-26(17(29)27(11)12-7-5-4-6-8-12)18(2,3)15(28)25-16-24-13(14(20)30-16)19(21,22)23/h4-8,11H,9-10H2,1-3H3,(H,24,25,28). The third kappa shape index (κ3) is 4.24. The van der Waals surface area contributed by atoms with Crippen LogP contribution in [0.15, 0.2) is 30.3 Å². The van der Waals surface area contributed by atoms with E-state index in [-0.39, 0.29) is 17.2 Å². The van der Waals surface area contributed by atoms with E-state index >= 15 is 0 Å². The lowest BCUT2D eigenvalue weighted by atomic mass is 9.98. The third-order valence-electron chi connectivity index (χ3n) is 4.99. The van der Waals surface area contributed by atoms with E-state index in [0.717, 1.165) is 0 Å². The van der Waals surface area contributed by atoms with Gasteiger partial charge in [-0.25, -0.2) is 9.78 Å². The van der Waals surface area contributed by atoms with Crippen LogP contribution in [0.5, 0.6) is 0 Å². The number of amides is 3. The van der Waals surface area contributed by atoms with E-state index in [9.17, 15) is 22.8 Å². The molecular formula is C19H20ClF3N4O2S. The van der Waals surface area contributed by atoms with Gasteiger partial charge in [0.25, 0.3) is 5.91 Å². The molecule has 30 heavy (non-hydrogen) atoms. The van der Waals surface area contributed by atoms with Gasteiger partial charge in [-0.15, -0.1) is 0 Å². The Morgan fingerprint density at radius 1 is 1.27 bits per heavy atom. The van der Waals surface area contributed by atoms with Crippen molar-refractivity contribution in [3.63, 3.8) is 0 Å². The van der Waals surface area contributed by atoms with Crippen molar-refractivity contribution < 1.29 is 22.8 Å². The summed E-state index contributed by atoms with van der Waals surface area (Å²) in [6.07, 6.45) is -4.10. The second-order valence-corrected chi connectivity index (χ2v) is 9.03. The Morgan fingerprint density at radius 2 is 1.90 bits per heavy atom. The molecule has 1 atom stereocenters. The molecule has 1 aromatic carbocycles. The van der Waals surface area contributed by atoms with Crippen molar-refractivity contribution in [3.8, 4) is 0 Å². The molecule has 6 nitrogen and oxygen atoms in total. The number of aromatic nitrogens is 1. The summed E-state index contributed by atoms with van der Waals surface area (Å²) in [6.45, 7) is 5.33. The maximum absolute atomic E-state index is 13.2. The van der Waals surface area contributed by atoms with Gasteiger partial charge in [-0.2, -0.15) is 13.2 Å². The van der Waals surface area contributed by atoms with Crippen LogP contribution in [0, 0.1) is 0 Å². The summed E-state index contributed by atoms with van der Waals surface area (Å²) in [5.41, 5.74) is -1.88. The Labute approximate surface area is 180 Å². The van der Waals surface area contributed by atoms with Crippen molar-refractivity contribution in [1.29, 1.82) is 0 Å². The summed E-state index contributed by atoms with van der Waals surface area (Å²) in [7, 11) is 0. The number of benzene rings is 1. The SMILES string of the molecule is CC1CCN(C(C)(C)C(=O)Nc2nc(C(F)(F)F)c(Cl)s2)C(=O)N1c1ccccc1. The molecule has 1 unspecified atom stereocenters. The maximum Gasteiger partial charge on any atom is 0.435 e. The van der Waals surface area contributed by atoms with Gasteiger partial charge in [-0.05, 0) is 39.3 Å². The quantitative estimate of drug-likeness (QED) is 0.677. The van der Waals surface area contributed by atoms with Gasteiger partial charge in [0.1, 0.15) is 9.88 Å². The number of carbonyl (C=O) groups excluding carboxylic acids is 2. The smallest absolute Gasteiger partial charge is 0.310 e. The second kappa shape index (κ2) is 8.07. The van der Waals surface area contributed by atoms with Crippen molar-refractivity contribution in [2.45, 2.75) is 44.9 Å². The van der Waals surface area contributed by atoms with Gasteiger partial charge < -0.3 is 4.90 Å². The Balaban J connectivity index is 1.82. The van der Waals surface area contributed by atoms with Crippen LogP contribution in [-0.4, -0.2) is 39.9 Å². The zero-order chi connectivity index (χ0) is 22.3. The minimum atomic E-state index is -4.72. The average Bonchev–Trinajstić information content (AvgIpc) is 3.03. The minimum absolute atomic E-state index is 0.0675. The highest BCUT2D eigenvalue weighted by atomic mass is 35.5. The van der Waals surface area contributed by atoms with Gasteiger partial charge in [0.2, 0.25) is 0 Å². The van der Waals surface area contributed by atoms with Crippen LogP contribution in [0.25, 0.3) is 0 Å². The van der Waals surface area contributed by atoms with Crippen LogP contribution < -0.4 is 10.2 Å². The zero-order valence-corrected chi connectivity index (χ0v) is 18.0. The zero-order valence-electron chi connectivity index (χ0n) is 16.5. The predicted molar refractivity (Wildman–Crippen MR) is 110 cm³/mol. The molecule has 1 aliphatic heterocycles. The molecule has 162 valence electrons. The first kappa shape index (κ1) is 22.4. The Bertz CT molecular complexity index is 949. The Hall–Kier alpha value is -2.33. The number of urea groups is 1. The van der Waals surface area contributed by atoms with E-state index in [1.807, 2.05) is 25.1 Å². The Morgan fingerprint density at radius 3 is 2.47 bits per heavy atom. The normalized spacial score (nSPS) is 18.0. The summed E-state index contributed by atoms with van der Waals surface area (Å²) in [6, 6.07) is 8.66. The topological polar surface area (TPSA) is 65.5 Å². The first-order valence-electron chi connectivity index (χ1n) is 9.13. The van der Waals surface area contributed by atoms with Gasteiger partial charge in [-0.1, -0.05) is 41.1 Å². The number of carbonyl (C=O) groups is 2. The molecule has 1 saturated heterocycles. The summed E-state index contributed by atoms with van der Waals surface area (Å²) in [4.78, 5) is 32.5. The molecule has 0 saturated carbocycles. The highest BCUT2D eigenvalue weighted by Gasteiger charge is 2.44. The molecule has 0 aliphatic carbocycles. The van der Waals surface area contributed by atoms with E-state index in [4.69, 9.17) is 11.6 Å². The van der Waals surface area contributed by atoms with Gasteiger partial charge >= 0.3 is 12.2 Å². The van der Waals surface area contributed by atoms with Crippen molar-refractivity contribution in [3.05, 3.63) is 40.4 Å². The van der Waals surface area contributed by atoms with Crippen molar-refractivity contribution >= 4 is 45.7 Å². The summed E-state index contributed by atoms with van der Waals surface area (Å²) >= 11 is 6.14. The van der Waals surface area contributed by atoms with Crippen molar-refractivity contribution in [1.82, 2.24) is 9.88 Å². The predicted octanol–water partition coefficient (Wildman–Crippen LogP) is 5.25. The number of hydrogen-bond acceptors (Lipinski definition) is 4. The van der Waals surface area contributed by atoms with E-state index in [1.165, 1.54) is 4.90 Å². The fourth-order valence-corrected chi connectivity index (χ4v) is 4.31. The monoisotopic (exact) mass is 460 g/mol. The first-order chi connectivity index (χ1) is 13.9. The fraction of sp³-hybridized carbons (Fsp3) is 0.421. The lowest BCUT2D eigenvalue weighted by Crippen LogP contribution is -2.63. The maximum atomic E-state index is 13.2. The molecule has 2 aromatic rings. The number of thiazole rings is 1. The molecule has 0 spiro atoms. The van der Waals surface area contributed by atoms with Crippen molar-refractivity contribution in [2.24, 2.45) is 0 Å². The number of nitrogens with one attached hydrogen (secondary N) is 1. The molecule has 0 bridgehead atoms. The number of hydrogen-bond donors (Lipinski definition) is 1. The van der Waals surface area contributed by atoms with E-state index < -0.39 is 27.7 Å². The molecule has 2 heterocycles. The van der Waals surface area contributed by atoms with Crippen molar-refractivity contribution in [2.75, 3.05) is 16.8 Å². The minimum Gasteiger partial charge on any atom is -0.310 e. The first-order valence-corrected chi connectivity index (χ1v) is 10.3. The fourth-order valence-electron chi connectivity index (χ4n) is 3.23. The molecule has 1 N–H and O–H groups in total. The average molecular weight is 461 g/mol. The molecule has 1 aromatic heterocycles. The largest absolute Gasteiger partial charge is 0.435 e. The number of para-hydroxylation sites is 1. The Kier molecular flexibility index (Phi) is 6.01. The van der Waals surface area contributed by atoms with Crippen LogP contribution in [0.1, 0.15) is 32.9 Å². The third-order valence-corrected chi connectivity index (χ3v) is 6.16. The molecule has 1 fully saturated rings. The van der Waals surface area contributed by atoms with Gasteiger partial charge in [0.15, 0.2) is 10.8 Å². The van der Waals surface area contributed by atoms with E-state index in [2.05, 4.69) is 10.3 Å². The molecule has 3 rings (SSSR count). The number of anilines is 2. The molecular weight excluding hydrogens is 441 g/mol. The van der Waals surface area contributed by atoms with Gasteiger partial charge in [0, 0.05) is 18.3 Å². The lowest BCUT2D eigenvalue weighted by Gasteiger charge is -2.46. The molecule has 11 heteroatoms. The highest BCUT2D eigenvalue weighted by molar-refractivity contribution is 7.19. The summed E-state index contributed by atoms with van der Waals surface area (Å²) in [5.74, 6) is -0.655. The number of alkyl halides is 3. The number of halogens is 4. The molecule has 3 amide bonds.